The van der Waals surface area contributed by atoms with Gasteiger partial charge < -0.3 is 13.9 Å². The van der Waals surface area contributed by atoms with Crippen LogP contribution < -0.4 is 38.5 Å². The molecule has 0 aliphatic heterocycles. The molecule has 0 aliphatic carbocycles. The molecule has 3 aromatic rings. The summed E-state index contributed by atoms with van der Waals surface area (Å²) < 4.78 is 50.8. The van der Waals surface area contributed by atoms with Crippen molar-refractivity contribution in [2.75, 3.05) is 20.8 Å². The van der Waals surface area contributed by atoms with Crippen molar-refractivity contribution in [3.05, 3.63) is 52.8 Å². The van der Waals surface area contributed by atoms with Crippen LogP contribution >= 0.6 is 11.6 Å². The molecule has 0 saturated carbocycles. The smallest absolute Gasteiger partial charge is 0.213 e. The van der Waals surface area contributed by atoms with E-state index in [2.05, 4.69) is 11.9 Å². The van der Waals surface area contributed by atoms with E-state index in [1.807, 2.05) is 42.5 Å². The van der Waals surface area contributed by atoms with E-state index in [4.69, 9.17) is 44.1 Å². The van der Waals surface area contributed by atoms with Gasteiger partial charge in [0.15, 0.2) is 11.5 Å². The molecule has 0 spiro atoms. The largest absolute Gasteiger partial charge is 0.493 e. The Balaban J connectivity index is 0.000000614. The molecule has 0 atom stereocenters. The fourth-order valence-corrected chi connectivity index (χ4v) is 3.01. The maximum absolute atomic E-state index is 8.49. The van der Waals surface area contributed by atoms with Gasteiger partial charge in [0, 0.05) is 17.0 Å². The van der Waals surface area contributed by atoms with Crippen LogP contribution in [0.2, 0.25) is 5.02 Å². The maximum Gasteiger partial charge on any atom is 0.213 e. The molecule has 168 valence electrons. The highest BCUT2D eigenvalue weighted by Gasteiger charge is 2.12. The highest BCUT2D eigenvalue weighted by atomic mass is 35.7. The maximum atomic E-state index is 8.49. The summed E-state index contributed by atoms with van der Waals surface area (Å²) in [4.78, 5) is 3.50. The van der Waals surface area contributed by atoms with Gasteiger partial charge in [0.2, 0.25) is 5.36 Å². The second-order valence-corrected chi connectivity index (χ2v) is 7.59. The van der Waals surface area contributed by atoms with Crippen LogP contribution in [0.15, 0.2) is 46.9 Å². The lowest BCUT2D eigenvalue weighted by molar-refractivity contribution is -2.00. The Morgan fingerprint density at radius 2 is 1.65 bits per heavy atom. The van der Waals surface area contributed by atoms with Crippen molar-refractivity contribution in [3.63, 3.8) is 0 Å². The summed E-state index contributed by atoms with van der Waals surface area (Å²) in [6, 6.07) is 13.4. The molecule has 0 fully saturated rings. The fourth-order valence-electron chi connectivity index (χ4n) is 2.84. The minimum Gasteiger partial charge on any atom is -0.493 e. The first kappa shape index (κ1) is 24.9. The second-order valence-electron chi connectivity index (χ2n) is 6.39. The number of rotatable bonds is 6. The van der Waals surface area contributed by atoms with Crippen LogP contribution in [0, 0.1) is 10.2 Å². The Bertz CT molecular complexity index is 1070. The Morgan fingerprint density at radius 1 is 0.968 bits per heavy atom. The van der Waals surface area contributed by atoms with Crippen molar-refractivity contribution in [1.29, 1.82) is 0 Å². The average Bonchev–Trinajstić information content (AvgIpc) is 2.72. The Hall–Kier alpha value is -2.33. The molecule has 0 aliphatic rings. The molecule has 10 heteroatoms. The van der Waals surface area contributed by atoms with E-state index in [1.165, 1.54) is 0 Å². The summed E-state index contributed by atoms with van der Waals surface area (Å²) in [6.45, 7) is 3.07. The van der Waals surface area contributed by atoms with Crippen LogP contribution in [0.25, 0.3) is 22.3 Å². The minimum absolute atomic E-state index is 0.664. The van der Waals surface area contributed by atoms with E-state index >= 15 is 0 Å². The van der Waals surface area contributed by atoms with Crippen molar-refractivity contribution in [2.45, 2.75) is 19.8 Å². The quantitative estimate of drug-likeness (QED) is 0.445. The number of halogens is 2. The molecule has 0 unspecified atom stereocenters. The summed E-state index contributed by atoms with van der Waals surface area (Å²) in [7, 11) is -1.70. The van der Waals surface area contributed by atoms with Crippen molar-refractivity contribution in [1.82, 2.24) is 0 Å². The van der Waals surface area contributed by atoms with Gasteiger partial charge in [-0.3, -0.25) is 0 Å². The first-order chi connectivity index (χ1) is 14.7. The molecule has 0 amide bonds. The predicted octanol–water partition coefficient (Wildman–Crippen LogP) is -1.20. The molecule has 2 aromatic carbocycles. The number of ether oxygens (including phenoxy) is 2. The monoisotopic (exact) mass is 471 g/mol. The van der Waals surface area contributed by atoms with Crippen LogP contribution in [0.3, 0.4) is 0 Å². The topological polar surface area (TPSA) is 138 Å². The third kappa shape index (κ3) is 7.70. The van der Waals surface area contributed by atoms with Crippen LogP contribution in [0.1, 0.15) is 19.8 Å². The zero-order chi connectivity index (χ0) is 23.0. The van der Waals surface area contributed by atoms with Crippen LogP contribution in [0.4, 0.5) is 0 Å². The van der Waals surface area contributed by atoms with Crippen LogP contribution in [-0.2, 0) is 0 Å². The molecular weight excluding hydrogens is 449 g/mol. The number of nitrogens with one attached hydrogen (secondary N) is 1. The molecule has 31 heavy (non-hydrogen) atoms. The SMILES string of the molecule is CCCC[NH+]=c1cc(-c2ccc(OC)c(OC)c2)oc2ccc(Cl)cc12.[O-][Cl+3]([O-])([O-])[O-]. The van der Waals surface area contributed by atoms with E-state index in [-0.39, 0.29) is 0 Å². The van der Waals surface area contributed by atoms with Gasteiger partial charge in [-0.1, -0.05) is 24.9 Å². The predicted molar refractivity (Wildman–Crippen MR) is 104 cm³/mol. The molecule has 1 aromatic heterocycles. The standard InChI is InChI=1S/C21H22ClNO3.ClHO4/c1-4-5-10-23-17-13-20(26-18-9-7-15(22)12-16(17)18)14-6-8-19(24-2)21(11-14)25-3;2-1(3,4)5/h6-9,11-13H,4-5,10H2,1-3H3;(H,2,3,4,5). The fraction of sp³-hybridized carbons (Fsp3) is 0.286. The second kappa shape index (κ2) is 11.3. The van der Waals surface area contributed by atoms with Gasteiger partial charge in [-0.25, -0.2) is 23.6 Å². The lowest BCUT2D eigenvalue weighted by Gasteiger charge is -2.17. The number of methoxy groups -OCH3 is 2. The summed E-state index contributed by atoms with van der Waals surface area (Å²) >= 11 is 6.18. The molecule has 3 rings (SSSR count). The van der Waals surface area contributed by atoms with Crippen LogP contribution in [-0.4, -0.2) is 20.8 Å². The highest BCUT2D eigenvalue weighted by Crippen LogP contribution is 2.32. The zero-order valence-electron chi connectivity index (χ0n) is 17.3. The zero-order valence-corrected chi connectivity index (χ0v) is 18.8. The lowest BCUT2D eigenvalue weighted by Crippen LogP contribution is -2.76. The van der Waals surface area contributed by atoms with Crippen molar-refractivity contribution >= 4 is 22.6 Å². The van der Waals surface area contributed by atoms with Gasteiger partial charge in [0.05, 0.1) is 25.7 Å². The average molecular weight is 472 g/mol. The Labute approximate surface area is 186 Å². The summed E-state index contributed by atoms with van der Waals surface area (Å²) in [5.41, 5.74) is 1.69. The van der Waals surface area contributed by atoms with Crippen molar-refractivity contribution < 1.29 is 47.8 Å². The normalized spacial score (nSPS) is 11.8. The number of hydrogen-bond acceptors (Lipinski definition) is 7. The molecule has 1 N–H and O–H groups in total. The van der Waals surface area contributed by atoms with Crippen molar-refractivity contribution in [2.24, 2.45) is 0 Å². The highest BCUT2D eigenvalue weighted by molar-refractivity contribution is 6.31. The summed E-state index contributed by atoms with van der Waals surface area (Å²) in [6.07, 6.45) is 2.23. The number of fused-ring (bicyclic) bond motifs is 1. The van der Waals surface area contributed by atoms with Crippen LogP contribution in [0.5, 0.6) is 11.5 Å². The number of unbranched alkanes of at least 4 members (excludes halogenated alkanes) is 1. The van der Waals surface area contributed by atoms with Crippen molar-refractivity contribution in [3.8, 4) is 22.8 Å². The summed E-state index contributed by atoms with van der Waals surface area (Å²) in [5.74, 6) is 2.10. The van der Waals surface area contributed by atoms with E-state index in [9.17, 15) is 0 Å². The Morgan fingerprint density at radius 3 is 2.26 bits per heavy atom. The lowest BCUT2D eigenvalue weighted by atomic mass is 10.1. The first-order valence-electron chi connectivity index (χ1n) is 9.30. The molecule has 0 bridgehead atoms. The third-order valence-electron chi connectivity index (χ3n) is 4.24. The van der Waals surface area contributed by atoms with Gasteiger partial charge in [-0.15, -0.1) is 10.2 Å². The number of hydrogen-bond donors (Lipinski definition) is 1. The number of benzene rings is 2. The minimum atomic E-state index is -4.94. The Kier molecular flexibility index (Phi) is 9.12. The van der Waals surface area contributed by atoms with E-state index in [0.29, 0.717) is 16.5 Å². The van der Waals surface area contributed by atoms with E-state index in [1.54, 1.807) is 14.2 Å². The van der Waals surface area contributed by atoms with Gasteiger partial charge in [-0.05, 0) is 36.4 Å². The summed E-state index contributed by atoms with van der Waals surface area (Å²) in [5, 5.41) is 2.66. The van der Waals surface area contributed by atoms with Gasteiger partial charge in [-0.2, -0.15) is 0 Å². The molecule has 0 radical (unpaired) electrons. The molecular formula is C21H23Cl2NO7. The molecule has 1 heterocycles. The molecule has 0 saturated heterocycles. The first-order valence-corrected chi connectivity index (χ1v) is 10.9. The molecule has 8 nitrogen and oxygen atoms in total. The van der Waals surface area contributed by atoms with Gasteiger partial charge >= 0.3 is 0 Å². The van der Waals surface area contributed by atoms with E-state index in [0.717, 1.165) is 47.0 Å². The van der Waals surface area contributed by atoms with Gasteiger partial charge in [0.25, 0.3) is 0 Å². The van der Waals surface area contributed by atoms with E-state index < -0.39 is 10.2 Å². The van der Waals surface area contributed by atoms with Gasteiger partial charge in [0.1, 0.15) is 17.9 Å². The third-order valence-corrected chi connectivity index (χ3v) is 4.48.